The highest BCUT2D eigenvalue weighted by atomic mass is 16.6. The SMILES string of the molecule is CC(C)(C)OC(=O)N(CCOCCC#Cc1cccc2c1CN(C1CCC(=O)NC1=O)C2=O)C1CCC(N=[N+]=[N-])CC1. The van der Waals surface area contributed by atoms with E-state index in [1.165, 1.54) is 4.90 Å². The molecule has 1 N–H and O–H groups in total. The molecule has 12 nitrogen and oxygen atoms in total. The number of rotatable bonds is 8. The summed E-state index contributed by atoms with van der Waals surface area (Å²) in [6.07, 6.45) is 3.52. The number of hydrogen-bond donors (Lipinski definition) is 1. The maximum absolute atomic E-state index is 13.0. The average molecular weight is 579 g/mol. The Morgan fingerprint density at radius 2 is 1.93 bits per heavy atom. The molecule has 12 heteroatoms. The van der Waals surface area contributed by atoms with Crippen LogP contribution in [0.2, 0.25) is 0 Å². The van der Waals surface area contributed by atoms with Crippen LogP contribution < -0.4 is 5.32 Å². The molecule has 0 bridgehead atoms. The molecule has 224 valence electrons. The van der Waals surface area contributed by atoms with Crippen LogP contribution in [0.5, 0.6) is 0 Å². The first-order valence-corrected chi connectivity index (χ1v) is 14.4. The number of azide groups is 1. The lowest BCUT2D eigenvalue weighted by Crippen LogP contribution is -2.52. The van der Waals surface area contributed by atoms with Gasteiger partial charge in [0.2, 0.25) is 11.8 Å². The van der Waals surface area contributed by atoms with Gasteiger partial charge in [0.05, 0.1) is 13.2 Å². The molecule has 4 rings (SSSR count). The summed E-state index contributed by atoms with van der Waals surface area (Å²) < 4.78 is 11.4. The molecule has 1 aliphatic carbocycles. The average Bonchev–Trinajstić information content (AvgIpc) is 3.27. The third-order valence-electron chi connectivity index (χ3n) is 7.60. The number of benzene rings is 1. The minimum Gasteiger partial charge on any atom is -0.444 e. The molecule has 42 heavy (non-hydrogen) atoms. The molecule has 1 aromatic rings. The van der Waals surface area contributed by atoms with Crippen LogP contribution in [0.4, 0.5) is 4.79 Å². The Kier molecular flexibility index (Phi) is 10.1. The van der Waals surface area contributed by atoms with E-state index in [0.29, 0.717) is 38.2 Å². The molecule has 1 saturated carbocycles. The molecule has 1 aromatic carbocycles. The first-order chi connectivity index (χ1) is 20.1. The monoisotopic (exact) mass is 578 g/mol. The van der Waals surface area contributed by atoms with E-state index in [1.54, 1.807) is 17.0 Å². The van der Waals surface area contributed by atoms with E-state index in [9.17, 15) is 19.2 Å². The van der Waals surface area contributed by atoms with Crippen LogP contribution >= 0.6 is 0 Å². The van der Waals surface area contributed by atoms with E-state index < -0.39 is 17.6 Å². The second-order valence-corrected chi connectivity index (χ2v) is 11.7. The fourth-order valence-corrected chi connectivity index (χ4v) is 5.55. The largest absolute Gasteiger partial charge is 0.444 e. The fraction of sp³-hybridized carbons (Fsp3) is 0.600. The Bertz CT molecular complexity index is 1310. The molecule has 2 heterocycles. The summed E-state index contributed by atoms with van der Waals surface area (Å²) in [5.74, 6) is 5.25. The van der Waals surface area contributed by atoms with Crippen LogP contribution in [0.1, 0.15) is 87.2 Å². The van der Waals surface area contributed by atoms with Crippen molar-refractivity contribution in [2.24, 2.45) is 5.11 Å². The number of amides is 4. The predicted octanol–water partition coefficient (Wildman–Crippen LogP) is 4.06. The zero-order chi connectivity index (χ0) is 30.3. The third-order valence-corrected chi connectivity index (χ3v) is 7.60. The van der Waals surface area contributed by atoms with Crippen molar-refractivity contribution in [1.82, 2.24) is 15.1 Å². The fourth-order valence-electron chi connectivity index (χ4n) is 5.55. The van der Waals surface area contributed by atoms with E-state index in [4.69, 9.17) is 15.0 Å². The number of hydrogen-bond acceptors (Lipinski definition) is 7. The number of nitrogens with one attached hydrogen (secondary N) is 1. The molecule has 1 saturated heterocycles. The Balaban J connectivity index is 1.29. The molecule has 1 unspecified atom stereocenters. The van der Waals surface area contributed by atoms with Gasteiger partial charge in [-0.1, -0.05) is 23.0 Å². The minimum atomic E-state index is -0.668. The molecule has 2 fully saturated rings. The number of nitrogens with zero attached hydrogens (tertiary/aromatic N) is 5. The number of fused-ring (bicyclic) bond motifs is 1. The summed E-state index contributed by atoms with van der Waals surface area (Å²) in [7, 11) is 0. The van der Waals surface area contributed by atoms with Crippen molar-refractivity contribution in [2.75, 3.05) is 19.8 Å². The highest BCUT2D eigenvalue weighted by molar-refractivity contribution is 6.05. The molecule has 4 amide bonds. The van der Waals surface area contributed by atoms with Gasteiger partial charge >= 0.3 is 6.09 Å². The number of ether oxygens (including phenoxy) is 2. The van der Waals surface area contributed by atoms with E-state index in [2.05, 4.69) is 27.2 Å². The first kappa shape index (κ1) is 30.9. The lowest BCUT2D eigenvalue weighted by Gasteiger charge is -2.36. The summed E-state index contributed by atoms with van der Waals surface area (Å²) in [6, 6.07) is 4.65. The van der Waals surface area contributed by atoms with E-state index in [1.807, 2.05) is 26.8 Å². The molecular weight excluding hydrogens is 540 g/mol. The number of imide groups is 1. The summed E-state index contributed by atoms with van der Waals surface area (Å²) >= 11 is 0. The van der Waals surface area contributed by atoms with Gasteiger partial charge in [0.15, 0.2) is 0 Å². The van der Waals surface area contributed by atoms with Gasteiger partial charge in [0, 0.05) is 54.1 Å². The van der Waals surface area contributed by atoms with Gasteiger partial charge in [-0.2, -0.15) is 0 Å². The lowest BCUT2D eigenvalue weighted by atomic mass is 9.91. The van der Waals surface area contributed by atoms with Crippen molar-refractivity contribution in [2.45, 2.75) is 96.0 Å². The number of carbonyl (C=O) groups is 4. The van der Waals surface area contributed by atoms with Gasteiger partial charge < -0.3 is 19.3 Å². The molecule has 0 radical (unpaired) electrons. The van der Waals surface area contributed by atoms with E-state index in [0.717, 1.165) is 36.8 Å². The van der Waals surface area contributed by atoms with Crippen LogP contribution in [-0.2, 0) is 25.6 Å². The minimum absolute atomic E-state index is 0.00369. The number of piperidine rings is 1. The molecule has 2 aliphatic heterocycles. The van der Waals surface area contributed by atoms with Crippen LogP contribution in [-0.4, -0.2) is 77.1 Å². The first-order valence-electron chi connectivity index (χ1n) is 14.4. The van der Waals surface area contributed by atoms with Crippen molar-refractivity contribution in [3.8, 4) is 11.8 Å². The molecule has 0 spiro atoms. The van der Waals surface area contributed by atoms with Crippen molar-refractivity contribution in [1.29, 1.82) is 0 Å². The smallest absolute Gasteiger partial charge is 0.410 e. The van der Waals surface area contributed by atoms with Crippen molar-refractivity contribution < 1.29 is 28.7 Å². The van der Waals surface area contributed by atoms with Crippen LogP contribution in [0, 0.1) is 11.8 Å². The Hall–Kier alpha value is -4.07. The second kappa shape index (κ2) is 13.7. The molecular formula is C30H38N6O6. The van der Waals surface area contributed by atoms with Crippen molar-refractivity contribution in [3.05, 3.63) is 45.3 Å². The Labute approximate surface area is 245 Å². The third kappa shape index (κ3) is 7.81. The Morgan fingerprint density at radius 1 is 1.17 bits per heavy atom. The molecule has 3 aliphatic rings. The summed E-state index contributed by atoms with van der Waals surface area (Å²) in [5.41, 5.74) is 10.1. The van der Waals surface area contributed by atoms with Crippen LogP contribution in [0.25, 0.3) is 10.4 Å². The maximum Gasteiger partial charge on any atom is 0.410 e. The highest BCUT2D eigenvalue weighted by Gasteiger charge is 2.39. The van der Waals surface area contributed by atoms with Gasteiger partial charge in [-0.3, -0.25) is 19.7 Å². The lowest BCUT2D eigenvalue weighted by molar-refractivity contribution is -0.136. The van der Waals surface area contributed by atoms with Gasteiger partial charge in [0.25, 0.3) is 5.91 Å². The second-order valence-electron chi connectivity index (χ2n) is 11.7. The summed E-state index contributed by atoms with van der Waals surface area (Å²) in [4.78, 5) is 55.9. The molecule has 0 aromatic heterocycles. The quantitative estimate of drug-likeness (QED) is 0.123. The van der Waals surface area contributed by atoms with Crippen molar-refractivity contribution >= 4 is 23.8 Å². The standard InChI is InChI=1S/C30H38N6O6/c1-30(2,3)42-29(40)35(22-12-10-21(11-13-22)33-34-31)16-18-41-17-5-4-7-20-8-6-9-23-24(20)19-36(28(23)39)25-14-15-26(37)32-27(25)38/h6,8-9,21-22,25H,5,10-19H2,1-3H3,(H,32,37,38). The zero-order valence-corrected chi connectivity index (χ0v) is 24.4. The highest BCUT2D eigenvalue weighted by Crippen LogP contribution is 2.30. The van der Waals surface area contributed by atoms with E-state index >= 15 is 0 Å². The summed E-state index contributed by atoms with van der Waals surface area (Å²) in [5, 5.41) is 6.14. The van der Waals surface area contributed by atoms with Crippen LogP contribution in [0.15, 0.2) is 23.3 Å². The van der Waals surface area contributed by atoms with Gasteiger partial charge in [0.1, 0.15) is 11.6 Å². The van der Waals surface area contributed by atoms with Crippen molar-refractivity contribution in [3.63, 3.8) is 0 Å². The number of carbonyl (C=O) groups excluding carboxylic acids is 4. The normalized spacial score (nSPS) is 21.9. The summed E-state index contributed by atoms with van der Waals surface area (Å²) in [6.45, 7) is 6.85. The van der Waals surface area contributed by atoms with Gasteiger partial charge in [-0.05, 0) is 76.1 Å². The maximum atomic E-state index is 13.0. The van der Waals surface area contributed by atoms with Gasteiger partial charge in [-0.25, -0.2) is 4.79 Å². The molecule has 1 atom stereocenters. The van der Waals surface area contributed by atoms with Crippen LogP contribution in [0.3, 0.4) is 0 Å². The topological polar surface area (TPSA) is 154 Å². The predicted molar refractivity (Wildman–Crippen MR) is 153 cm³/mol. The Morgan fingerprint density at radius 3 is 2.62 bits per heavy atom. The van der Waals surface area contributed by atoms with E-state index in [-0.39, 0.29) is 43.0 Å². The zero-order valence-electron chi connectivity index (χ0n) is 24.4. The van der Waals surface area contributed by atoms with Gasteiger partial charge in [-0.15, -0.1) is 0 Å².